The van der Waals surface area contributed by atoms with Crippen molar-refractivity contribution < 1.29 is 14.2 Å². The molecule has 14 heavy (non-hydrogen) atoms. The number of methoxy groups -OCH3 is 1. The Balaban J connectivity index is 3.29. The van der Waals surface area contributed by atoms with Crippen LogP contribution in [0.15, 0.2) is 12.1 Å². The first-order valence-electron chi connectivity index (χ1n) is 4.01. The molecule has 3 N–H and O–H groups in total. The smallest absolute Gasteiger partial charge is 0.146 e. The highest BCUT2D eigenvalue weighted by atomic mass is 35.5. The Morgan fingerprint density at radius 3 is 2.79 bits per heavy atom. The van der Waals surface area contributed by atoms with E-state index < -0.39 is 11.9 Å². The second-order valence-electron chi connectivity index (χ2n) is 2.73. The highest BCUT2D eigenvalue weighted by Crippen LogP contribution is 2.34. The normalized spacial score (nSPS) is 12.6. The summed E-state index contributed by atoms with van der Waals surface area (Å²) in [5.41, 5.74) is 5.23. The Morgan fingerprint density at radius 2 is 2.29 bits per heavy atom. The zero-order valence-electron chi connectivity index (χ0n) is 7.63. The molecule has 0 radical (unpaired) electrons. The van der Waals surface area contributed by atoms with Gasteiger partial charge in [0.1, 0.15) is 11.6 Å². The van der Waals surface area contributed by atoms with Gasteiger partial charge in [0.2, 0.25) is 0 Å². The second-order valence-corrected chi connectivity index (χ2v) is 3.13. The molecular weight excluding hydrogens is 209 g/mol. The first-order chi connectivity index (χ1) is 6.61. The summed E-state index contributed by atoms with van der Waals surface area (Å²) in [6, 6.07) is 2.53. The van der Waals surface area contributed by atoms with Gasteiger partial charge < -0.3 is 15.6 Å². The lowest BCUT2D eigenvalue weighted by Gasteiger charge is -2.14. The maximum atomic E-state index is 13.3. The monoisotopic (exact) mass is 219 g/mol. The number of nitrogens with two attached hydrogens (primary N) is 1. The predicted molar refractivity (Wildman–Crippen MR) is 52.0 cm³/mol. The summed E-state index contributed by atoms with van der Waals surface area (Å²) < 4.78 is 18.2. The number of halogens is 2. The summed E-state index contributed by atoms with van der Waals surface area (Å²) >= 11 is 5.76. The maximum absolute atomic E-state index is 13.3. The summed E-state index contributed by atoms with van der Waals surface area (Å²) in [5, 5.41) is 9.69. The van der Waals surface area contributed by atoms with Crippen molar-refractivity contribution in [2.75, 3.05) is 13.7 Å². The predicted octanol–water partition coefficient (Wildman–Crippen LogP) is 1.48. The van der Waals surface area contributed by atoms with E-state index in [2.05, 4.69) is 0 Å². The van der Waals surface area contributed by atoms with Gasteiger partial charge in [0, 0.05) is 6.54 Å². The standard InChI is InChI=1S/C9H11ClFNO2/c1-14-9-5(10)2-3-6(11)8(9)7(13)4-12/h2-3,7,13H,4,12H2,1H3. The molecule has 0 fully saturated rings. The fourth-order valence-corrected chi connectivity index (χ4v) is 1.43. The van der Waals surface area contributed by atoms with Crippen LogP contribution >= 0.6 is 11.6 Å². The summed E-state index contributed by atoms with van der Waals surface area (Å²) in [4.78, 5) is 0. The summed E-state index contributed by atoms with van der Waals surface area (Å²) in [6.07, 6.45) is -1.11. The number of rotatable bonds is 3. The molecule has 0 aromatic heterocycles. The van der Waals surface area contributed by atoms with Crippen LogP contribution in [0.2, 0.25) is 5.02 Å². The molecule has 0 aliphatic rings. The average Bonchev–Trinajstić information content (AvgIpc) is 2.19. The van der Waals surface area contributed by atoms with Crippen molar-refractivity contribution in [2.24, 2.45) is 5.73 Å². The molecule has 0 heterocycles. The van der Waals surface area contributed by atoms with Crippen LogP contribution in [0.4, 0.5) is 4.39 Å². The van der Waals surface area contributed by atoms with Gasteiger partial charge in [-0.2, -0.15) is 0 Å². The summed E-state index contributed by atoms with van der Waals surface area (Å²) in [7, 11) is 1.35. The Kier molecular flexibility index (Phi) is 3.69. The lowest BCUT2D eigenvalue weighted by Crippen LogP contribution is -2.14. The molecule has 78 valence electrons. The molecular formula is C9H11ClFNO2. The van der Waals surface area contributed by atoms with Crippen LogP contribution in [0, 0.1) is 5.82 Å². The van der Waals surface area contributed by atoms with Gasteiger partial charge in [-0.25, -0.2) is 4.39 Å². The van der Waals surface area contributed by atoms with E-state index in [4.69, 9.17) is 22.1 Å². The van der Waals surface area contributed by atoms with Crippen molar-refractivity contribution in [2.45, 2.75) is 6.10 Å². The highest BCUT2D eigenvalue weighted by molar-refractivity contribution is 6.32. The second kappa shape index (κ2) is 4.59. The van der Waals surface area contributed by atoms with Crippen molar-refractivity contribution in [1.29, 1.82) is 0 Å². The van der Waals surface area contributed by atoms with Crippen LogP contribution in [-0.2, 0) is 0 Å². The van der Waals surface area contributed by atoms with E-state index in [9.17, 15) is 9.50 Å². The molecule has 1 unspecified atom stereocenters. The lowest BCUT2D eigenvalue weighted by atomic mass is 10.1. The largest absolute Gasteiger partial charge is 0.495 e. The third-order valence-corrected chi connectivity index (χ3v) is 2.15. The Morgan fingerprint density at radius 1 is 1.64 bits per heavy atom. The molecule has 1 atom stereocenters. The van der Waals surface area contributed by atoms with Gasteiger partial charge in [0.25, 0.3) is 0 Å². The average molecular weight is 220 g/mol. The lowest BCUT2D eigenvalue weighted by molar-refractivity contribution is 0.177. The van der Waals surface area contributed by atoms with Crippen LogP contribution in [0.1, 0.15) is 11.7 Å². The fourth-order valence-electron chi connectivity index (χ4n) is 1.18. The number of hydrogen-bond donors (Lipinski definition) is 2. The quantitative estimate of drug-likeness (QED) is 0.810. The third kappa shape index (κ3) is 1.97. The molecule has 1 aromatic rings. The fraction of sp³-hybridized carbons (Fsp3) is 0.333. The zero-order chi connectivity index (χ0) is 10.7. The minimum atomic E-state index is -1.11. The number of aliphatic hydroxyl groups is 1. The van der Waals surface area contributed by atoms with Crippen molar-refractivity contribution in [3.8, 4) is 5.75 Å². The van der Waals surface area contributed by atoms with Crippen LogP contribution < -0.4 is 10.5 Å². The van der Waals surface area contributed by atoms with E-state index in [-0.39, 0.29) is 22.9 Å². The van der Waals surface area contributed by atoms with E-state index >= 15 is 0 Å². The van der Waals surface area contributed by atoms with Crippen LogP contribution in [0.25, 0.3) is 0 Å². The van der Waals surface area contributed by atoms with Gasteiger partial charge in [-0.1, -0.05) is 11.6 Å². The summed E-state index contributed by atoms with van der Waals surface area (Å²) in [5.74, 6) is -0.450. The van der Waals surface area contributed by atoms with E-state index in [1.54, 1.807) is 0 Å². The van der Waals surface area contributed by atoms with Gasteiger partial charge in [-0.15, -0.1) is 0 Å². The topological polar surface area (TPSA) is 55.5 Å². The molecule has 0 amide bonds. The first-order valence-corrected chi connectivity index (χ1v) is 4.39. The van der Waals surface area contributed by atoms with Crippen LogP contribution in [0.3, 0.4) is 0 Å². The minimum Gasteiger partial charge on any atom is -0.495 e. The molecule has 0 saturated heterocycles. The van der Waals surface area contributed by atoms with Crippen LogP contribution in [-0.4, -0.2) is 18.8 Å². The molecule has 0 saturated carbocycles. The number of benzene rings is 1. The van der Waals surface area contributed by atoms with Crippen molar-refractivity contribution in [3.05, 3.63) is 28.5 Å². The molecule has 0 spiro atoms. The molecule has 0 bridgehead atoms. The van der Waals surface area contributed by atoms with E-state index in [0.29, 0.717) is 0 Å². The van der Waals surface area contributed by atoms with Crippen LogP contribution in [0.5, 0.6) is 5.75 Å². The summed E-state index contributed by atoms with van der Waals surface area (Å²) in [6.45, 7) is -0.0897. The molecule has 0 aliphatic carbocycles. The first kappa shape index (κ1) is 11.2. The van der Waals surface area contributed by atoms with Gasteiger partial charge in [0.05, 0.1) is 23.8 Å². The van der Waals surface area contributed by atoms with Crippen molar-refractivity contribution in [1.82, 2.24) is 0 Å². The molecule has 1 aromatic carbocycles. The van der Waals surface area contributed by atoms with Crippen molar-refractivity contribution >= 4 is 11.6 Å². The minimum absolute atomic E-state index is 0.00231. The van der Waals surface area contributed by atoms with Gasteiger partial charge >= 0.3 is 0 Å². The van der Waals surface area contributed by atoms with Gasteiger partial charge in [-0.05, 0) is 12.1 Å². The Bertz CT molecular complexity index is 333. The molecule has 0 aliphatic heterocycles. The van der Waals surface area contributed by atoms with E-state index in [1.807, 2.05) is 0 Å². The Hall–Kier alpha value is -0.840. The van der Waals surface area contributed by atoms with Gasteiger partial charge in [-0.3, -0.25) is 0 Å². The molecule has 3 nitrogen and oxygen atoms in total. The van der Waals surface area contributed by atoms with Crippen molar-refractivity contribution in [3.63, 3.8) is 0 Å². The zero-order valence-corrected chi connectivity index (χ0v) is 8.38. The van der Waals surface area contributed by atoms with E-state index in [1.165, 1.54) is 19.2 Å². The molecule has 1 rings (SSSR count). The number of ether oxygens (including phenoxy) is 1. The number of hydrogen-bond acceptors (Lipinski definition) is 3. The SMILES string of the molecule is COc1c(Cl)ccc(F)c1C(O)CN. The van der Waals surface area contributed by atoms with E-state index in [0.717, 1.165) is 0 Å². The highest BCUT2D eigenvalue weighted by Gasteiger charge is 2.19. The van der Waals surface area contributed by atoms with Gasteiger partial charge in [0.15, 0.2) is 0 Å². The molecule has 5 heteroatoms. The number of aliphatic hydroxyl groups excluding tert-OH is 1. The third-order valence-electron chi connectivity index (χ3n) is 1.86. The maximum Gasteiger partial charge on any atom is 0.146 e. The Labute approximate surface area is 86.2 Å².